The van der Waals surface area contributed by atoms with Crippen molar-refractivity contribution in [3.8, 4) is 12.1 Å². The Kier molecular flexibility index (Phi) is 4.09. The molecule has 0 saturated heterocycles. The monoisotopic (exact) mass is 290 g/mol. The zero-order chi connectivity index (χ0) is 15.6. The van der Waals surface area contributed by atoms with E-state index in [0.717, 1.165) is 0 Å². The maximum atomic E-state index is 12.7. The van der Waals surface area contributed by atoms with Crippen LogP contribution in [0.1, 0.15) is 16.7 Å². The number of hydrogen-bond acceptors (Lipinski definition) is 2. The van der Waals surface area contributed by atoms with E-state index in [1.807, 2.05) is 0 Å². The van der Waals surface area contributed by atoms with Crippen LogP contribution in [-0.2, 0) is 12.4 Å². The average Bonchev–Trinajstić information content (AvgIpc) is 2.33. The molecular weight excluding hydrogens is 286 g/mol. The molecule has 2 nitrogen and oxygen atoms in total. The number of rotatable bonds is 1. The molecule has 0 heterocycles. The Labute approximate surface area is 109 Å². The zero-order valence-corrected chi connectivity index (χ0v) is 9.47. The Hall–Kier alpha value is -2.48. The van der Waals surface area contributed by atoms with E-state index in [-0.39, 0.29) is 6.07 Å². The summed E-state index contributed by atoms with van der Waals surface area (Å²) in [5, 5.41) is 16.9. The molecule has 0 aromatic heterocycles. The van der Waals surface area contributed by atoms with Crippen molar-refractivity contribution >= 4 is 6.08 Å². The second kappa shape index (κ2) is 5.25. The van der Waals surface area contributed by atoms with Gasteiger partial charge in [0.25, 0.3) is 0 Å². The van der Waals surface area contributed by atoms with Crippen molar-refractivity contribution in [1.82, 2.24) is 0 Å². The summed E-state index contributed by atoms with van der Waals surface area (Å²) in [5.41, 5.74) is -4.34. The second-order valence-corrected chi connectivity index (χ2v) is 3.58. The third-order valence-corrected chi connectivity index (χ3v) is 2.23. The Morgan fingerprint density at radius 1 is 0.950 bits per heavy atom. The summed E-state index contributed by atoms with van der Waals surface area (Å²) < 4.78 is 75.3. The lowest BCUT2D eigenvalue weighted by Crippen LogP contribution is -2.12. The smallest absolute Gasteiger partial charge is 0.192 e. The maximum Gasteiger partial charge on any atom is 0.417 e. The summed E-state index contributed by atoms with van der Waals surface area (Å²) in [7, 11) is 0. The molecule has 0 saturated carbocycles. The Balaban J connectivity index is 3.53. The fourth-order valence-corrected chi connectivity index (χ4v) is 1.35. The van der Waals surface area contributed by atoms with Gasteiger partial charge in [-0.15, -0.1) is 0 Å². The van der Waals surface area contributed by atoms with Gasteiger partial charge in [0.2, 0.25) is 0 Å². The molecule has 8 heteroatoms. The van der Waals surface area contributed by atoms with Crippen LogP contribution in [0.4, 0.5) is 26.3 Å². The fourth-order valence-electron chi connectivity index (χ4n) is 1.35. The van der Waals surface area contributed by atoms with Gasteiger partial charge >= 0.3 is 12.4 Å². The van der Waals surface area contributed by atoms with Gasteiger partial charge in [-0.2, -0.15) is 36.9 Å². The van der Waals surface area contributed by atoms with E-state index in [2.05, 4.69) is 0 Å². The van der Waals surface area contributed by atoms with Crippen LogP contribution in [0.2, 0.25) is 0 Å². The van der Waals surface area contributed by atoms with Crippen molar-refractivity contribution in [3.05, 3.63) is 40.5 Å². The van der Waals surface area contributed by atoms with E-state index >= 15 is 0 Å². The lowest BCUT2D eigenvalue weighted by atomic mass is 10.0. The third-order valence-electron chi connectivity index (χ3n) is 2.23. The molecule has 0 aliphatic rings. The number of nitrogens with zero attached hydrogens (tertiary/aromatic N) is 2. The van der Waals surface area contributed by atoms with Crippen LogP contribution in [0.3, 0.4) is 0 Å². The first-order chi connectivity index (χ1) is 9.09. The van der Waals surface area contributed by atoms with Gasteiger partial charge in [-0.25, -0.2) is 0 Å². The van der Waals surface area contributed by atoms with E-state index in [9.17, 15) is 26.3 Å². The highest BCUT2D eigenvalue weighted by Crippen LogP contribution is 2.37. The standard InChI is InChI=1S/C12H4F6N2/c13-11(14,15)9-2-1-8(3-7(5-19)6-20)10(4-9)12(16,17)18/h1-4H. The zero-order valence-electron chi connectivity index (χ0n) is 9.47. The van der Waals surface area contributed by atoms with Crippen molar-refractivity contribution in [3.63, 3.8) is 0 Å². The topological polar surface area (TPSA) is 47.6 Å². The highest BCUT2D eigenvalue weighted by Gasteiger charge is 2.37. The summed E-state index contributed by atoms with van der Waals surface area (Å²) in [6.07, 6.45) is -9.37. The predicted molar refractivity (Wildman–Crippen MR) is 55.6 cm³/mol. The number of benzene rings is 1. The molecule has 1 aromatic rings. The van der Waals surface area contributed by atoms with E-state index in [0.29, 0.717) is 18.2 Å². The Bertz CT molecular complexity index is 609. The Morgan fingerprint density at radius 2 is 1.50 bits per heavy atom. The lowest BCUT2D eigenvalue weighted by molar-refractivity contribution is -0.143. The first-order valence-corrected chi connectivity index (χ1v) is 4.90. The molecular formula is C12H4F6N2. The first kappa shape index (κ1) is 15.6. The molecule has 0 atom stereocenters. The van der Waals surface area contributed by atoms with E-state index in [1.165, 1.54) is 12.1 Å². The molecule has 104 valence electrons. The minimum absolute atomic E-state index is 0.0573. The minimum atomic E-state index is -5.04. The molecule has 1 rings (SSSR count). The molecule has 0 spiro atoms. The van der Waals surface area contributed by atoms with Gasteiger partial charge in [0.05, 0.1) is 11.1 Å². The van der Waals surface area contributed by atoms with Gasteiger partial charge in [-0.3, -0.25) is 0 Å². The maximum absolute atomic E-state index is 12.7. The quantitative estimate of drug-likeness (QED) is 0.576. The normalized spacial score (nSPS) is 11.4. The third kappa shape index (κ3) is 3.51. The molecule has 0 bridgehead atoms. The molecule has 0 fully saturated rings. The molecule has 0 aliphatic heterocycles. The predicted octanol–water partition coefficient (Wildman–Crippen LogP) is 4.15. The molecule has 1 aromatic carbocycles. The van der Waals surface area contributed by atoms with Crippen LogP contribution in [0.5, 0.6) is 0 Å². The van der Waals surface area contributed by atoms with Crippen LogP contribution in [0.25, 0.3) is 6.08 Å². The molecule has 0 radical (unpaired) electrons. The van der Waals surface area contributed by atoms with E-state index < -0.39 is 34.6 Å². The molecule has 20 heavy (non-hydrogen) atoms. The first-order valence-electron chi connectivity index (χ1n) is 4.90. The van der Waals surface area contributed by atoms with Crippen molar-refractivity contribution in [1.29, 1.82) is 10.5 Å². The number of nitriles is 2. The van der Waals surface area contributed by atoms with Crippen molar-refractivity contribution < 1.29 is 26.3 Å². The van der Waals surface area contributed by atoms with Gasteiger partial charge in [0.1, 0.15) is 17.7 Å². The van der Waals surface area contributed by atoms with Gasteiger partial charge in [-0.1, -0.05) is 6.07 Å². The highest BCUT2D eigenvalue weighted by molar-refractivity contribution is 5.65. The van der Waals surface area contributed by atoms with Crippen LogP contribution < -0.4 is 0 Å². The van der Waals surface area contributed by atoms with Crippen molar-refractivity contribution in [2.75, 3.05) is 0 Å². The summed E-state index contributed by atoms with van der Waals surface area (Å²) in [4.78, 5) is 0. The molecule has 0 unspecified atom stereocenters. The van der Waals surface area contributed by atoms with Crippen molar-refractivity contribution in [2.24, 2.45) is 0 Å². The Morgan fingerprint density at radius 3 is 1.90 bits per heavy atom. The molecule has 0 N–H and O–H groups in total. The van der Waals surface area contributed by atoms with Gasteiger partial charge in [0.15, 0.2) is 0 Å². The van der Waals surface area contributed by atoms with Gasteiger partial charge < -0.3 is 0 Å². The minimum Gasteiger partial charge on any atom is -0.192 e. The fraction of sp³-hybridized carbons (Fsp3) is 0.167. The van der Waals surface area contributed by atoms with Gasteiger partial charge in [-0.05, 0) is 23.8 Å². The van der Waals surface area contributed by atoms with Gasteiger partial charge in [0, 0.05) is 0 Å². The van der Waals surface area contributed by atoms with E-state index in [1.54, 1.807) is 0 Å². The molecule has 0 aliphatic carbocycles. The summed E-state index contributed by atoms with van der Waals surface area (Å²) in [5.74, 6) is 0. The summed E-state index contributed by atoms with van der Waals surface area (Å²) >= 11 is 0. The highest BCUT2D eigenvalue weighted by atomic mass is 19.4. The van der Waals surface area contributed by atoms with Crippen LogP contribution in [0.15, 0.2) is 23.8 Å². The number of hydrogen-bond donors (Lipinski definition) is 0. The largest absolute Gasteiger partial charge is 0.417 e. The SMILES string of the molecule is N#CC(C#N)=Cc1ccc(C(F)(F)F)cc1C(F)(F)F. The second-order valence-electron chi connectivity index (χ2n) is 3.58. The number of halogens is 6. The lowest BCUT2D eigenvalue weighted by Gasteiger charge is -2.14. The average molecular weight is 290 g/mol. The summed E-state index contributed by atoms with van der Waals surface area (Å²) in [6, 6.07) is 3.63. The molecule has 0 amide bonds. The van der Waals surface area contributed by atoms with Crippen molar-refractivity contribution in [2.45, 2.75) is 12.4 Å². The summed E-state index contributed by atoms with van der Waals surface area (Å²) in [6.45, 7) is 0. The number of alkyl halides is 6. The number of allylic oxidation sites excluding steroid dienone is 1. The van der Waals surface area contributed by atoms with Crippen LogP contribution in [0, 0.1) is 22.7 Å². The van der Waals surface area contributed by atoms with Crippen LogP contribution >= 0.6 is 0 Å². The van der Waals surface area contributed by atoms with Crippen LogP contribution in [-0.4, -0.2) is 0 Å². The van der Waals surface area contributed by atoms with E-state index in [4.69, 9.17) is 10.5 Å².